The quantitative estimate of drug-likeness (QED) is 0.819. The summed E-state index contributed by atoms with van der Waals surface area (Å²) in [4.78, 5) is 0.146. The van der Waals surface area contributed by atoms with E-state index in [1.807, 2.05) is 0 Å². The minimum absolute atomic E-state index is 0.146. The SMILES string of the molecule is Nc1cc(Cl)ccc1S(=O)(=O)C1CCOC1. The van der Waals surface area contributed by atoms with Crippen molar-refractivity contribution in [3.05, 3.63) is 23.2 Å². The Labute approximate surface area is 99.3 Å². The molecule has 0 bridgehead atoms. The van der Waals surface area contributed by atoms with Gasteiger partial charge in [-0.1, -0.05) is 11.6 Å². The Morgan fingerprint density at radius 1 is 1.44 bits per heavy atom. The van der Waals surface area contributed by atoms with Gasteiger partial charge in [-0.15, -0.1) is 0 Å². The second-order valence-corrected chi connectivity index (χ2v) is 6.35. The molecule has 1 saturated heterocycles. The number of hydrogen-bond acceptors (Lipinski definition) is 4. The van der Waals surface area contributed by atoms with Crippen LogP contribution in [0.15, 0.2) is 23.1 Å². The molecule has 16 heavy (non-hydrogen) atoms. The molecular weight excluding hydrogens is 250 g/mol. The van der Waals surface area contributed by atoms with Crippen molar-refractivity contribution in [1.82, 2.24) is 0 Å². The summed E-state index contributed by atoms with van der Waals surface area (Å²) in [7, 11) is -3.39. The van der Waals surface area contributed by atoms with E-state index in [9.17, 15) is 8.42 Å². The summed E-state index contributed by atoms with van der Waals surface area (Å²) in [5.41, 5.74) is 5.86. The van der Waals surface area contributed by atoms with Gasteiger partial charge in [-0.25, -0.2) is 8.42 Å². The number of nitrogen functional groups attached to an aromatic ring is 1. The Kier molecular flexibility index (Phi) is 3.10. The maximum atomic E-state index is 12.2. The van der Waals surface area contributed by atoms with E-state index in [1.54, 1.807) is 0 Å². The molecule has 1 heterocycles. The summed E-state index contributed by atoms with van der Waals surface area (Å²) in [6.07, 6.45) is 0.518. The van der Waals surface area contributed by atoms with Gasteiger partial charge >= 0.3 is 0 Å². The van der Waals surface area contributed by atoms with Crippen LogP contribution in [0.25, 0.3) is 0 Å². The predicted molar refractivity (Wildman–Crippen MR) is 62.3 cm³/mol. The van der Waals surface area contributed by atoms with Crippen molar-refractivity contribution in [2.24, 2.45) is 0 Å². The molecule has 6 heteroatoms. The largest absolute Gasteiger partial charge is 0.398 e. The molecule has 0 spiro atoms. The van der Waals surface area contributed by atoms with Crippen LogP contribution in [-0.2, 0) is 14.6 Å². The Bertz CT molecular complexity index is 495. The lowest BCUT2D eigenvalue weighted by atomic mass is 10.3. The average Bonchev–Trinajstić information content (AvgIpc) is 2.69. The van der Waals surface area contributed by atoms with E-state index in [0.29, 0.717) is 18.1 Å². The highest BCUT2D eigenvalue weighted by Gasteiger charge is 2.32. The molecule has 0 amide bonds. The van der Waals surface area contributed by atoms with Gasteiger partial charge < -0.3 is 10.5 Å². The third-order valence-electron chi connectivity index (χ3n) is 2.61. The summed E-state index contributed by atoms with van der Waals surface area (Å²) >= 11 is 5.73. The fraction of sp³-hybridized carbons (Fsp3) is 0.400. The Morgan fingerprint density at radius 2 is 2.19 bits per heavy atom. The van der Waals surface area contributed by atoms with Crippen LogP contribution in [0.4, 0.5) is 5.69 Å². The Hall–Kier alpha value is -0.780. The molecular formula is C10H12ClNO3S. The lowest BCUT2D eigenvalue weighted by Gasteiger charge is -2.12. The minimum Gasteiger partial charge on any atom is -0.398 e. The van der Waals surface area contributed by atoms with Crippen LogP contribution in [0.1, 0.15) is 6.42 Å². The second-order valence-electron chi connectivity index (χ2n) is 3.71. The van der Waals surface area contributed by atoms with Gasteiger partial charge in [0.2, 0.25) is 0 Å². The zero-order valence-electron chi connectivity index (χ0n) is 8.52. The topological polar surface area (TPSA) is 69.4 Å². The number of halogens is 1. The van der Waals surface area contributed by atoms with E-state index >= 15 is 0 Å². The fourth-order valence-corrected chi connectivity index (χ4v) is 3.58. The van der Waals surface area contributed by atoms with E-state index in [-0.39, 0.29) is 17.2 Å². The summed E-state index contributed by atoms with van der Waals surface area (Å²) < 4.78 is 29.4. The minimum atomic E-state index is -3.39. The van der Waals surface area contributed by atoms with Crippen molar-refractivity contribution < 1.29 is 13.2 Å². The van der Waals surface area contributed by atoms with Gasteiger partial charge in [0.05, 0.1) is 22.4 Å². The zero-order valence-corrected chi connectivity index (χ0v) is 10.1. The summed E-state index contributed by atoms with van der Waals surface area (Å²) in [5, 5.41) is -0.0601. The van der Waals surface area contributed by atoms with E-state index in [0.717, 1.165) is 0 Å². The predicted octanol–water partition coefficient (Wildman–Crippen LogP) is 1.48. The molecule has 1 fully saturated rings. The smallest absolute Gasteiger partial charge is 0.185 e. The van der Waals surface area contributed by atoms with Gasteiger partial charge in [0.25, 0.3) is 0 Å². The average molecular weight is 262 g/mol. The molecule has 1 aromatic rings. The molecule has 0 aliphatic carbocycles. The highest BCUT2D eigenvalue weighted by molar-refractivity contribution is 7.92. The molecule has 1 aromatic carbocycles. The van der Waals surface area contributed by atoms with Gasteiger partial charge in [-0.3, -0.25) is 0 Å². The lowest BCUT2D eigenvalue weighted by molar-refractivity contribution is 0.198. The molecule has 0 saturated carbocycles. The maximum absolute atomic E-state index is 12.2. The number of rotatable bonds is 2. The molecule has 1 aliphatic rings. The molecule has 4 nitrogen and oxygen atoms in total. The first-order chi connectivity index (χ1) is 7.51. The molecule has 0 radical (unpaired) electrons. The molecule has 1 unspecified atom stereocenters. The van der Waals surface area contributed by atoms with E-state index in [4.69, 9.17) is 22.1 Å². The molecule has 2 N–H and O–H groups in total. The summed E-state index contributed by atoms with van der Waals surface area (Å²) in [6, 6.07) is 4.43. The summed E-state index contributed by atoms with van der Waals surface area (Å²) in [6.45, 7) is 0.724. The third-order valence-corrected chi connectivity index (χ3v) is 5.07. The van der Waals surface area contributed by atoms with E-state index in [1.165, 1.54) is 18.2 Å². The monoisotopic (exact) mass is 261 g/mol. The third kappa shape index (κ3) is 2.03. The van der Waals surface area contributed by atoms with Crippen LogP contribution in [0.2, 0.25) is 5.02 Å². The summed E-state index contributed by atoms with van der Waals surface area (Å²) in [5.74, 6) is 0. The number of hydrogen-bond donors (Lipinski definition) is 1. The van der Waals surface area contributed by atoms with E-state index < -0.39 is 15.1 Å². The lowest BCUT2D eigenvalue weighted by Crippen LogP contribution is -2.22. The van der Waals surface area contributed by atoms with Crippen molar-refractivity contribution in [2.45, 2.75) is 16.6 Å². The fourth-order valence-electron chi connectivity index (χ4n) is 1.72. The molecule has 88 valence electrons. The van der Waals surface area contributed by atoms with Crippen LogP contribution in [0.3, 0.4) is 0 Å². The second kappa shape index (κ2) is 4.24. The van der Waals surface area contributed by atoms with Gasteiger partial charge in [0.15, 0.2) is 9.84 Å². The van der Waals surface area contributed by atoms with Crippen LogP contribution >= 0.6 is 11.6 Å². The van der Waals surface area contributed by atoms with Crippen molar-refractivity contribution >= 4 is 27.1 Å². The number of benzene rings is 1. The number of nitrogens with two attached hydrogens (primary N) is 1. The van der Waals surface area contributed by atoms with Crippen molar-refractivity contribution in [3.8, 4) is 0 Å². The van der Waals surface area contributed by atoms with Gasteiger partial charge in [0.1, 0.15) is 0 Å². The van der Waals surface area contributed by atoms with Crippen LogP contribution in [0, 0.1) is 0 Å². The van der Waals surface area contributed by atoms with Crippen LogP contribution in [-0.4, -0.2) is 26.9 Å². The number of anilines is 1. The van der Waals surface area contributed by atoms with Gasteiger partial charge in [0, 0.05) is 11.6 Å². The number of ether oxygens (including phenoxy) is 1. The first-order valence-corrected chi connectivity index (χ1v) is 6.81. The Balaban J connectivity index is 2.42. The van der Waals surface area contributed by atoms with Crippen LogP contribution < -0.4 is 5.73 Å². The van der Waals surface area contributed by atoms with E-state index in [2.05, 4.69) is 0 Å². The maximum Gasteiger partial charge on any atom is 0.185 e. The number of sulfone groups is 1. The van der Waals surface area contributed by atoms with Gasteiger partial charge in [-0.05, 0) is 24.6 Å². The zero-order chi connectivity index (χ0) is 11.8. The first kappa shape index (κ1) is 11.7. The van der Waals surface area contributed by atoms with Crippen LogP contribution in [0.5, 0.6) is 0 Å². The first-order valence-electron chi connectivity index (χ1n) is 4.88. The standard InChI is InChI=1S/C10H12ClNO3S/c11-7-1-2-10(9(12)5-7)16(13,14)8-3-4-15-6-8/h1-2,5,8H,3-4,6,12H2. The normalized spacial score (nSPS) is 21.2. The highest BCUT2D eigenvalue weighted by Crippen LogP contribution is 2.28. The Morgan fingerprint density at radius 3 is 2.75 bits per heavy atom. The molecule has 1 atom stereocenters. The molecule has 0 aromatic heterocycles. The van der Waals surface area contributed by atoms with Gasteiger partial charge in [-0.2, -0.15) is 0 Å². The van der Waals surface area contributed by atoms with Crippen molar-refractivity contribution in [3.63, 3.8) is 0 Å². The molecule has 2 rings (SSSR count). The molecule has 1 aliphatic heterocycles. The van der Waals surface area contributed by atoms with Crippen molar-refractivity contribution in [1.29, 1.82) is 0 Å². The van der Waals surface area contributed by atoms with Crippen molar-refractivity contribution in [2.75, 3.05) is 18.9 Å². The highest BCUT2D eigenvalue weighted by atomic mass is 35.5.